The standard InChI is InChI=1S/C13H17N3OS/c1-13(2,3)10(14)11(17)16-12-15-8-6-4-5-7-9(8)18-12/h4-7,10H,14H2,1-3H3,(H,15,16,17)/t10-/m0/s1. The van der Waals surface area contributed by atoms with Crippen molar-refractivity contribution in [1.29, 1.82) is 0 Å². The Bertz CT molecular complexity index is 538. The third-order valence-electron chi connectivity index (χ3n) is 2.74. The highest BCUT2D eigenvalue weighted by Crippen LogP contribution is 2.26. The van der Waals surface area contributed by atoms with Gasteiger partial charge in [-0.25, -0.2) is 4.98 Å². The molecule has 0 saturated carbocycles. The van der Waals surface area contributed by atoms with Gasteiger partial charge >= 0.3 is 0 Å². The normalized spacial score (nSPS) is 13.6. The fourth-order valence-electron chi connectivity index (χ4n) is 1.50. The maximum atomic E-state index is 12.0. The average Bonchev–Trinajstić information content (AvgIpc) is 2.68. The summed E-state index contributed by atoms with van der Waals surface area (Å²) in [5.74, 6) is -0.193. The molecular formula is C13H17N3OS. The Morgan fingerprint density at radius 2 is 2.06 bits per heavy atom. The zero-order chi connectivity index (χ0) is 13.3. The summed E-state index contributed by atoms with van der Waals surface area (Å²) >= 11 is 1.46. The SMILES string of the molecule is CC(C)(C)[C@@H](N)C(=O)Nc1nc2ccccc2s1. The number of thiazole rings is 1. The molecule has 0 aliphatic carbocycles. The number of hydrogen-bond acceptors (Lipinski definition) is 4. The minimum Gasteiger partial charge on any atom is -0.319 e. The number of anilines is 1. The van der Waals surface area contributed by atoms with Crippen molar-refractivity contribution in [2.45, 2.75) is 26.8 Å². The molecular weight excluding hydrogens is 246 g/mol. The zero-order valence-electron chi connectivity index (χ0n) is 10.7. The largest absolute Gasteiger partial charge is 0.319 e. The van der Waals surface area contributed by atoms with Crippen LogP contribution in [0, 0.1) is 5.41 Å². The minimum absolute atomic E-state index is 0.193. The van der Waals surface area contributed by atoms with Gasteiger partial charge in [0.25, 0.3) is 0 Å². The highest BCUT2D eigenvalue weighted by molar-refractivity contribution is 7.22. The molecule has 1 amide bonds. The molecule has 0 radical (unpaired) electrons. The van der Waals surface area contributed by atoms with Crippen LogP contribution in [0.2, 0.25) is 0 Å². The average molecular weight is 263 g/mol. The van der Waals surface area contributed by atoms with Crippen LogP contribution < -0.4 is 11.1 Å². The first kappa shape index (κ1) is 13.0. The Morgan fingerprint density at radius 1 is 1.39 bits per heavy atom. The van der Waals surface area contributed by atoms with Gasteiger partial charge in [-0.1, -0.05) is 44.2 Å². The third-order valence-corrected chi connectivity index (χ3v) is 3.69. The highest BCUT2D eigenvalue weighted by atomic mass is 32.1. The minimum atomic E-state index is -0.551. The lowest BCUT2D eigenvalue weighted by atomic mass is 9.87. The first-order valence-electron chi connectivity index (χ1n) is 5.80. The Labute approximate surface area is 110 Å². The van der Waals surface area contributed by atoms with Gasteiger partial charge in [-0.2, -0.15) is 0 Å². The Morgan fingerprint density at radius 3 is 2.67 bits per heavy atom. The fraction of sp³-hybridized carbons (Fsp3) is 0.385. The number of para-hydroxylation sites is 1. The molecule has 2 aromatic rings. The molecule has 1 aromatic heterocycles. The van der Waals surface area contributed by atoms with Crippen LogP contribution in [0.25, 0.3) is 10.2 Å². The van der Waals surface area contributed by atoms with Crippen molar-refractivity contribution in [3.8, 4) is 0 Å². The smallest absolute Gasteiger partial charge is 0.243 e. The molecule has 18 heavy (non-hydrogen) atoms. The lowest BCUT2D eigenvalue weighted by Crippen LogP contribution is -2.45. The number of hydrogen-bond donors (Lipinski definition) is 2. The van der Waals surface area contributed by atoms with E-state index in [1.165, 1.54) is 11.3 Å². The molecule has 0 aliphatic rings. The summed E-state index contributed by atoms with van der Waals surface area (Å²) in [5, 5.41) is 3.38. The number of rotatable bonds is 2. The second-order valence-electron chi connectivity index (χ2n) is 5.32. The van der Waals surface area contributed by atoms with Crippen molar-refractivity contribution in [3.63, 3.8) is 0 Å². The predicted molar refractivity (Wildman–Crippen MR) is 75.7 cm³/mol. The molecule has 0 bridgehead atoms. The van der Waals surface area contributed by atoms with Crippen molar-refractivity contribution in [2.24, 2.45) is 11.1 Å². The van der Waals surface area contributed by atoms with Crippen molar-refractivity contribution in [3.05, 3.63) is 24.3 Å². The monoisotopic (exact) mass is 263 g/mol. The van der Waals surface area contributed by atoms with E-state index in [1.807, 2.05) is 45.0 Å². The van der Waals surface area contributed by atoms with E-state index in [4.69, 9.17) is 5.73 Å². The number of nitrogens with one attached hydrogen (secondary N) is 1. The number of carbonyl (C=O) groups excluding carboxylic acids is 1. The molecule has 2 rings (SSSR count). The van der Waals surface area contributed by atoms with Gasteiger partial charge in [-0.15, -0.1) is 0 Å². The van der Waals surface area contributed by atoms with Crippen LogP contribution in [0.4, 0.5) is 5.13 Å². The van der Waals surface area contributed by atoms with E-state index in [0.717, 1.165) is 10.2 Å². The summed E-state index contributed by atoms with van der Waals surface area (Å²) in [6.07, 6.45) is 0. The lowest BCUT2D eigenvalue weighted by Gasteiger charge is -2.25. The van der Waals surface area contributed by atoms with Gasteiger partial charge in [-0.3, -0.25) is 4.79 Å². The molecule has 0 unspecified atom stereocenters. The highest BCUT2D eigenvalue weighted by Gasteiger charge is 2.27. The van der Waals surface area contributed by atoms with Crippen LogP contribution in [-0.2, 0) is 4.79 Å². The van der Waals surface area contributed by atoms with Crippen molar-refractivity contribution in [2.75, 3.05) is 5.32 Å². The molecule has 0 aliphatic heterocycles. The Kier molecular flexibility index (Phi) is 3.36. The lowest BCUT2D eigenvalue weighted by molar-refractivity contribution is -0.119. The molecule has 3 N–H and O–H groups in total. The van der Waals surface area contributed by atoms with E-state index in [1.54, 1.807) is 0 Å². The maximum absolute atomic E-state index is 12.0. The van der Waals surface area contributed by atoms with Crippen LogP contribution in [-0.4, -0.2) is 16.9 Å². The summed E-state index contributed by atoms with van der Waals surface area (Å²) in [6.45, 7) is 5.82. The third kappa shape index (κ3) is 2.68. The van der Waals surface area contributed by atoms with Gasteiger partial charge in [0.1, 0.15) is 0 Å². The van der Waals surface area contributed by atoms with Gasteiger partial charge in [-0.05, 0) is 17.5 Å². The molecule has 1 heterocycles. The van der Waals surface area contributed by atoms with E-state index in [-0.39, 0.29) is 11.3 Å². The van der Waals surface area contributed by atoms with E-state index in [9.17, 15) is 4.79 Å². The van der Waals surface area contributed by atoms with Gasteiger partial charge in [0.2, 0.25) is 5.91 Å². The van der Waals surface area contributed by atoms with Crippen LogP contribution in [0.3, 0.4) is 0 Å². The maximum Gasteiger partial charge on any atom is 0.243 e. The quantitative estimate of drug-likeness (QED) is 0.875. The molecule has 0 spiro atoms. The van der Waals surface area contributed by atoms with E-state index >= 15 is 0 Å². The number of nitrogens with zero attached hydrogens (tertiary/aromatic N) is 1. The van der Waals surface area contributed by atoms with Crippen molar-refractivity contribution < 1.29 is 4.79 Å². The number of fused-ring (bicyclic) bond motifs is 1. The summed E-state index contributed by atoms with van der Waals surface area (Å²) in [5.41, 5.74) is 6.53. The molecule has 96 valence electrons. The summed E-state index contributed by atoms with van der Waals surface area (Å²) in [4.78, 5) is 16.3. The predicted octanol–water partition coefficient (Wildman–Crippen LogP) is 2.61. The van der Waals surface area contributed by atoms with Gasteiger partial charge in [0.05, 0.1) is 16.3 Å². The van der Waals surface area contributed by atoms with Gasteiger partial charge in [0, 0.05) is 0 Å². The molecule has 0 fully saturated rings. The first-order valence-corrected chi connectivity index (χ1v) is 6.61. The fourth-order valence-corrected chi connectivity index (χ4v) is 2.37. The first-order chi connectivity index (χ1) is 8.38. The van der Waals surface area contributed by atoms with E-state index in [2.05, 4.69) is 10.3 Å². The molecule has 0 saturated heterocycles. The second kappa shape index (κ2) is 4.66. The summed E-state index contributed by atoms with van der Waals surface area (Å²) in [6, 6.07) is 7.23. The topological polar surface area (TPSA) is 68.0 Å². The van der Waals surface area contributed by atoms with E-state index in [0.29, 0.717) is 5.13 Å². The summed E-state index contributed by atoms with van der Waals surface area (Å²) in [7, 11) is 0. The van der Waals surface area contributed by atoms with Crippen LogP contribution in [0.1, 0.15) is 20.8 Å². The zero-order valence-corrected chi connectivity index (χ0v) is 11.5. The Hall–Kier alpha value is -1.46. The number of benzene rings is 1. The van der Waals surface area contributed by atoms with Crippen LogP contribution in [0.5, 0.6) is 0 Å². The van der Waals surface area contributed by atoms with Crippen molar-refractivity contribution in [1.82, 2.24) is 4.98 Å². The number of carbonyl (C=O) groups is 1. The number of amides is 1. The molecule has 5 heteroatoms. The Balaban J connectivity index is 2.16. The van der Waals surface area contributed by atoms with E-state index < -0.39 is 6.04 Å². The number of nitrogens with two attached hydrogens (primary N) is 1. The molecule has 1 atom stereocenters. The molecule has 1 aromatic carbocycles. The van der Waals surface area contributed by atoms with Crippen LogP contribution in [0.15, 0.2) is 24.3 Å². The summed E-state index contributed by atoms with van der Waals surface area (Å²) < 4.78 is 1.05. The van der Waals surface area contributed by atoms with Crippen LogP contribution >= 0.6 is 11.3 Å². The second-order valence-corrected chi connectivity index (χ2v) is 6.35. The van der Waals surface area contributed by atoms with Gasteiger partial charge in [0.15, 0.2) is 5.13 Å². The number of aromatic nitrogens is 1. The van der Waals surface area contributed by atoms with Gasteiger partial charge < -0.3 is 11.1 Å². The molecule has 4 nitrogen and oxygen atoms in total. The van der Waals surface area contributed by atoms with Crippen molar-refractivity contribution >= 4 is 32.6 Å².